The van der Waals surface area contributed by atoms with Crippen LogP contribution < -0.4 is 5.32 Å². The highest BCUT2D eigenvalue weighted by molar-refractivity contribution is 6.18. The van der Waals surface area contributed by atoms with Gasteiger partial charge < -0.3 is 10.4 Å². The van der Waals surface area contributed by atoms with Crippen LogP contribution in [0.1, 0.15) is 31.9 Å². The molecule has 2 N–H and O–H groups in total. The van der Waals surface area contributed by atoms with Gasteiger partial charge in [0.15, 0.2) is 0 Å². The smallest absolute Gasteiger partial charge is 0.0968 e. The second kappa shape index (κ2) is 6.24. The number of aliphatic hydroxyl groups excluding tert-OH is 1. The average Bonchev–Trinajstić information content (AvgIpc) is 2.36. The van der Waals surface area contributed by atoms with Gasteiger partial charge in [0.2, 0.25) is 0 Å². The van der Waals surface area contributed by atoms with Crippen LogP contribution in [0.15, 0.2) is 30.3 Å². The Morgan fingerprint density at radius 2 is 2.00 bits per heavy atom. The number of hydrogen-bond acceptors (Lipinski definition) is 2. The predicted molar refractivity (Wildman–Crippen MR) is 68.8 cm³/mol. The van der Waals surface area contributed by atoms with Crippen molar-refractivity contribution in [3.05, 3.63) is 35.9 Å². The monoisotopic (exact) mass is 241 g/mol. The third-order valence-electron chi connectivity index (χ3n) is 3.08. The van der Waals surface area contributed by atoms with E-state index in [0.29, 0.717) is 12.4 Å². The zero-order chi connectivity index (χ0) is 12.0. The maximum Gasteiger partial charge on any atom is 0.0968 e. The molecular formula is C13H20ClNO. The van der Waals surface area contributed by atoms with Crippen molar-refractivity contribution in [2.24, 2.45) is 0 Å². The van der Waals surface area contributed by atoms with Gasteiger partial charge in [0.1, 0.15) is 0 Å². The first-order chi connectivity index (χ1) is 7.64. The Hall–Kier alpha value is -0.570. The highest BCUT2D eigenvalue weighted by Crippen LogP contribution is 2.28. The van der Waals surface area contributed by atoms with Gasteiger partial charge >= 0.3 is 0 Å². The van der Waals surface area contributed by atoms with Crippen molar-refractivity contribution in [2.45, 2.75) is 31.9 Å². The Balaban J connectivity index is 2.79. The zero-order valence-electron chi connectivity index (χ0n) is 9.91. The van der Waals surface area contributed by atoms with Crippen molar-refractivity contribution in [2.75, 3.05) is 12.4 Å². The van der Waals surface area contributed by atoms with Crippen LogP contribution in [0.3, 0.4) is 0 Å². The molecule has 16 heavy (non-hydrogen) atoms. The van der Waals surface area contributed by atoms with Gasteiger partial charge in [-0.15, -0.1) is 11.6 Å². The molecule has 1 aromatic carbocycles. The highest BCUT2D eigenvalue weighted by Gasteiger charge is 2.31. The van der Waals surface area contributed by atoms with Gasteiger partial charge in [-0.1, -0.05) is 37.3 Å². The van der Waals surface area contributed by atoms with Gasteiger partial charge in [-0.05, 0) is 18.9 Å². The quantitative estimate of drug-likeness (QED) is 0.751. The van der Waals surface area contributed by atoms with E-state index in [0.717, 1.165) is 12.0 Å². The summed E-state index contributed by atoms with van der Waals surface area (Å²) < 4.78 is 0. The van der Waals surface area contributed by atoms with Crippen molar-refractivity contribution in [3.8, 4) is 0 Å². The summed E-state index contributed by atoms with van der Waals surface area (Å²) in [5.74, 6) is 0.553. The lowest BCUT2D eigenvalue weighted by Crippen LogP contribution is -2.47. The van der Waals surface area contributed by atoms with Crippen LogP contribution >= 0.6 is 11.6 Å². The molecule has 90 valence electrons. The Kier molecular flexibility index (Phi) is 5.26. The molecule has 0 aromatic heterocycles. The second-order valence-electron chi connectivity index (χ2n) is 4.20. The molecule has 2 unspecified atom stereocenters. The summed E-state index contributed by atoms with van der Waals surface area (Å²) in [6.45, 7) is 4.79. The van der Waals surface area contributed by atoms with Gasteiger partial charge in [0.25, 0.3) is 0 Å². The lowest BCUT2D eigenvalue weighted by molar-refractivity contribution is 0.0677. The molecule has 0 aliphatic rings. The molecule has 2 nitrogen and oxygen atoms in total. The molecule has 0 amide bonds. The molecule has 1 rings (SSSR count). The fraction of sp³-hybridized carbons (Fsp3) is 0.538. The summed E-state index contributed by atoms with van der Waals surface area (Å²) in [7, 11) is 0. The first-order valence-electron chi connectivity index (χ1n) is 5.68. The minimum Gasteiger partial charge on any atom is -0.386 e. The van der Waals surface area contributed by atoms with Crippen LogP contribution in [0.4, 0.5) is 0 Å². The number of aliphatic hydroxyl groups is 1. The summed E-state index contributed by atoms with van der Waals surface area (Å²) >= 11 is 5.67. The standard InChI is InChI=1S/C13H20ClNO/c1-3-13(2,15-10-9-14)12(16)11-7-5-4-6-8-11/h4-8,12,15-16H,3,9-10H2,1-2H3. The van der Waals surface area contributed by atoms with Crippen molar-refractivity contribution >= 4 is 11.6 Å². The van der Waals surface area contributed by atoms with E-state index in [1.54, 1.807) is 0 Å². The molecule has 3 heteroatoms. The van der Waals surface area contributed by atoms with Crippen LogP contribution in [0.2, 0.25) is 0 Å². The van der Waals surface area contributed by atoms with Gasteiger partial charge in [-0.3, -0.25) is 0 Å². The minimum absolute atomic E-state index is 0.323. The fourth-order valence-corrected chi connectivity index (χ4v) is 1.85. The molecule has 0 fully saturated rings. The summed E-state index contributed by atoms with van der Waals surface area (Å²) in [5, 5.41) is 13.7. The third-order valence-corrected chi connectivity index (χ3v) is 3.27. The Labute approximate surface area is 103 Å². The number of benzene rings is 1. The molecule has 0 aliphatic heterocycles. The maximum absolute atomic E-state index is 10.4. The molecule has 0 saturated carbocycles. The number of halogens is 1. The van der Waals surface area contributed by atoms with Crippen molar-refractivity contribution in [3.63, 3.8) is 0 Å². The van der Waals surface area contributed by atoms with E-state index in [-0.39, 0.29) is 5.54 Å². The lowest BCUT2D eigenvalue weighted by atomic mass is 9.87. The summed E-state index contributed by atoms with van der Waals surface area (Å²) in [4.78, 5) is 0. The van der Waals surface area contributed by atoms with E-state index in [1.807, 2.05) is 37.3 Å². The van der Waals surface area contributed by atoms with Crippen LogP contribution in [-0.2, 0) is 0 Å². The summed E-state index contributed by atoms with van der Waals surface area (Å²) in [5.41, 5.74) is 0.616. The van der Waals surface area contributed by atoms with E-state index in [9.17, 15) is 5.11 Å². The average molecular weight is 242 g/mol. The zero-order valence-corrected chi connectivity index (χ0v) is 10.7. The van der Waals surface area contributed by atoms with Crippen LogP contribution in [-0.4, -0.2) is 23.1 Å². The van der Waals surface area contributed by atoms with E-state index in [4.69, 9.17) is 11.6 Å². The molecule has 0 spiro atoms. The second-order valence-corrected chi connectivity index (χ2v) is 4.58. The molecular weight excluding hydrogens is 222 g/mol. The Bertz CT molecular complexity index is 304. The lowest BCUT2D eigenvalue weighted by Gasteiger charge is -2.35. The molecule has 0 saturated heterocycles. The van der Waals surface area contributed by atoms with Gasteiger partial charge in [0, 0.05) is 18.0 Å². The van der Waals surface area contributed by atoms with E-state index in [1.165, 1.54) is 0 Å². The van der Waals surface area contributed by atoms with Crippen LogP contribution in [0, 0.1) is 0 Å². The van der Waals surface area contributed by atoms with Crippen molar-refractivity contribution < 1.29 is 5.11 Å². The predicted octanol–water partition coefficient (Wildman–Crippen LogP) is 2.72. The van der Waals surface area contributed by atoms with Crippen molar-refractivity contribution in [1.82, 2.24) is 5.32 Å². The maximum atomic E-state index is 10.4. The first-order valence-corrected chi connectivity index (χ1v) is 6.21. The van der Waals surface area contributed by atoms with E-state index >= 15 is 0 Å². The largest absolute Gasteiger partial charge is 0.386 e. The van der Waals surface area contributed by atoms with Crippen LogP contribution in [0.5, 0.6) is 0 Å². The molecule has 2 atom stereocenters. The van der Waals surface area contributed by atoms with Gasteiger partial charge in [-0.25, -0.2) is 0 Å². The first kappa shape index (κ1) is 13.5. The third kappa shape index (κ3) is 3.21. The summed E-state index contributed by atoms with van der Waals surface area (Å²) in [6.07, 6.45) is 0.335. The number of alkyl halides is 1. The van der Waals surface area contributed by atoms with Gasteiger partial charge in [0.05, 0.1) is 6.10 Å². The van der Waals surface area contributed by atoms with E-state index < -0.39 is 6.10 Å². The Morgan fingerprint density at radius 1 is 1.38 bits per heavy atom. The van der Waals surface area contributed by atoms with Gasteiger partial charge in [-0.2, -0.15) is 0 Å². The normalized spacial score (nSPS) is 16.8. The minimum atomic E-state index is -0.512. The topological polar surface area (TPSA) is 32.3 Å². The molecule has 0 heterocycles. The van der Waals surface area contributed by atoms with Crippen molar-refractivity contribution in [1.29, 1.82) is 0 Å². The molecule has 0 radical (unpaired) electrons. The summed E-state index contributed by atoms with van der Waals surface area (Å²) in [6, 6.07) is 9.72. The van der Waals surface area contributed by atoms with E-state index in [2.05, 4.69) is 12.2 Å². The SMILES string of the molecule is CCC(C)(NCCCl)C(O)c1ccccc1. The molecule has 1 aromatic rings. The highest BCUT2D eigenvalue weighted by atomic mass is 35.5. The fourth-order valence-electron chi connectivity index (χ4n) is 1.75. The number of nitrogens with one attached hydrogen (secondary N) is 1. The molecule has 0 aliphatic carbocycles. The van der Waals surface area contributed by atoms with Crippen LogP contribution in [0.25, 0.3) is 0 Å². The number of rotatable bonds is 6. The number of hydrogen-bond donors (Lipinski definition) is 2. The Morgan fingerprint density at radius 3 is 2.50 bits per heavy atom. The molecule has 0 bridgehead atoms.